The Kier molecular flexibility index (Phi) is 4.42. The molecule has 0 fully saturated rings. The molecular formula is C15H18N6OS. The number of pyridine rings is 1. The van der Waals surface area contributed by atoms with Crippen molar-refractivity contribution in [2.75, 3.05) is 0 Å². The fourth-order valence-electron chi connectivity index (χ4n) is 2.34. The van der Waals surface area contributed by atoms with Gasteiger partial charge in [0.25, 0.3) is 5.56 Å². The lowest BCUT2D eigenvalue weighted by atomic mass is 10.2. The number of thioether (sulfide) groups is 1. The van der Waals surface area contributed by atoms with E-state index in [1.54, 1.807) is 15.1 Å². The highest BCUT2D eigenvalue weighted by Gasteiger charge is 2.10. The average molecular weight is 330 g/mol. The monoisotopic (exact) mass is 330 g/mol. The maximum atomic E-state index is 12.3. The zero-order valence-electron chi connectivity index (χ0n) is 13.3. The summed E-state index contributed by atoms with van der Waals surface area (Å²) < 4.78 is 3.39. The zero-order valence-corrected chi connectivity index (χ0v) is 14.1. The first-order chi connectivity index (χ1) is 11.0. The molecule has 0 atom stereocenters. The van der Waals surface area contributed by atoms with Crippen LogP contribution in [0, 0.1) is 12.8 Å². The van der Waals surface area contributed by atoms with E-state index in [0.29, 0.717) is 17.3 Å². The summed E-state index contributed by atoms with van der Waals surface area (Å²) in [4.78, 5) is 16.8. The Labute approximate surface area is 137 Å². The van der Waals surface area contributed by atoms with Crippen LogP contribution in [0.5, 0.6) is 0 Å². The lowest BCUT2D eigenvalue weighted by molar-refractivity contribution is 0.446. The normalized spacial score (nSPS) is 11.5. The molecule has 0 N–H and O–H groups in total. The SMILES string of the molecule is Cc1cccc2nc(CSc3nnnn3CC(C)C)cc(=O)n12. The van der Waals surface area contributed by atoms with Gasteiger partial charge in [-0.3, -0.25) is 9.20 Å². The largest absolute Gasteiger partial charge is 0.269 e. The van der Waals surface area contributed by atoms with Gasteiger partial charge in [0.1, 0.15) is 5.65 Å². The molecule has 3 rings (SSSR count). The Morgan fingerprint density at radius 3 is 2.91 bits per heavy atom. The van der Waals surface area contributed by atoms with Crippen LogP contribution in [0.25, 0.3) is 5.65 Å². The van der Waals surface area contributed by atoms with E-state index >= 15 is 0 Å². The molecule has 0 saturated heterocycles. The van der Waals surface area contributed by atoms with Crippen LogP contribution in [-0.2, 0) is 12.3 Å². The maximum Gasteiger partial charge on any atom is 0.258 e. The summed E-state index contributed by atoms with van der Waals surface area (Å²) in [5.41, 5.74) is 2.20. The fourth-order valence-corrected chi connectivity index (χ4v) is 3.12. The fraction of sp³-hybridized carbons (Fsp3) is 0.400. The van der Waals surface area contributed by atoms with Gasteiger partial charge in [-0.2, -0.15) is 0 Å². The molecule has 3 aromatic rings. The molecule has 23 heavy (non-hydrogen) atoms. The highest BCUT2D eigenvalue weighted by Crippen LogP contribution is 2.19. The summed E-state index contributed by atoms with van der Waals surface area (Å²) in [5, 5.41) is 12.5. The molecule has 7 nitrogen and oxygen atoms in total. The molecule has 3 heterocycles. The molecule has 0 bridgehead atoms. The van der Waals surface area contributed by atoms with E-state index in [4.69, 9.17) is 0 Å². The first-order valence-corrected chi connectivity index (χ1v) is 8.40. The molecule has 0 aliphatic heterocycles. The molecule has 0 amide bonds. The van der Waals surface area contributed by atoms with E-state index in [1.165, 1.54) is 11.8 Å². The lowest BCUT2D eigenvalue weighted by Crippen LogP contribution is -2.17. The van der Waals surface area contributed by atoms with Gasteiger partial charge in [-0.05, 0) is 35.4 Å². The van der Waals surface area contributed by atoms with E-state index < -0.39 is 0 Å². The first-order valence-electron chi connectivity index (χ1n) is 7.42. The Hall–Kier alpha value is -2.22. The number of aromatic nitrogens is 6. The second-order valence-corrected chi connectivity index (χ2v) is 6.72. The van der Waals surface area contributed by atoms with Crippen molar-refractivity contribution < 1.29 is 0 Å². The van der Waals surface area contributed by atoms with E-state index in [2.05, 4.69) is 34.4 Å². The van der Waals surface area contributed by atoms with Crippen LogP contribution in [0.1, 0.15) is 25.2 Å². The van der Waals surface area contributed by atoms with Gasteiger partial charge in [0.05, 0.1) is 5.69 Å². The number of aryl methyl sites for hydroxylation is 1. The van der Waals surface area contributed by atoms with Gasteiger partial charge in [0.2, 0.25) is 5.16 Å². The van der Waals surface area contributed by atoms with Gasteiger partial charge in [-0.25, -0.2) is 9.67 Å². The van der Waals surface area contributed by atoms with E-state index in [9.17, 15) is 4.79 Å². The van der Waals surface area contributed by atoms with Gasteiger partial charge in [0.15, 0.2) is 0 Å². The zero-order chi connectivity index (χ0) is 16.4. The third-order valence-corrected chi connectivity index (χ3v) is 4.31. The average Bonchev–Trinajstić information content (AvgIpc) is 2.91. The lowest BCUT2D eigenvalue weighted by Gasteiger charge is -2.07. The number of nitrogens with zero attached hydrogens (tertiary/aromatic N) is 6. The number of tetrazole rings is 1. The molecule has 0 radical (unpaired) electrons. The third kappa shape index (κ3) is 3.42. The number of rotatable bonds is 5. The minimum atomic E-state index is -0.0644. The summed E-state index contributed by atoms with van der Waals surface area (Å²) in [6.07, 6.45) is 0. The predicted octanol–water partition coefficient (Wildman–Crippen LogP) is 1.94. The van der Waals surface area contributed by atoms with Crippen molar-refractivity contribution in [1.82, 2.24) is 29.6 Å². The highest BCUT2D eigenvalue weighted by molar-refractivity contribution is 7.98. The second-order valence-electron chi connectivity index (χ2n) is 5.77. The topological polar surface area (TPSA) is 78.0 Å². The summed E-state index contributed by atoms with van der Waals surface area (Å²) in [6.45, 7) is 6.89. The van der Waals surface area contributed by atoms with Crippen molar-refractivity contribution in [1.29, 1.82) is 0 Å². The van der Waals surface area contributed by atoms with E-state index in [-0.39, 0.29) is 5.56 Å². The second kappa shape index (κ2) is 6.49. The van der Waals surface area contributed by atoms with Crippen LogP contribution in [0.4, 0.5) is 0 Å². The molecular weight excluding hydrogens is 312 g/mol. The Morgan fingerprint density at radius 2 is 2.13 bits per heavy atom. The Bertz CT molecular complexity index is 885. The van der Waals surface area contributed by atoms with Gasteiger partial charge >= 0.3 is 0 Å². The molecule has 0 saturated carbocycles. The van der Waals surface area contributed by atoms with Crippen molar-refractivity contribution in [3.63, 3.8) is 0 Å². The molecule has 0 spiro atoms. The summed E-state index contributed by atoms with van der Waals surface area (Å²) in [6, 6.07) is 7.21. The third-order valence-electron chi connectivity index (χ3n) is 3.32. The van der Waals surface area contributed by atoms with Gasteiger partial charge < -0.3 is 0 Å². The van der Waals surface area contributed by atoms with Crippen molar-refractivity contribution in [3.8, 4) is 0 Å². The number of fused-ring (bicyclic) bond motifs is 1. The van der Waals surface area contributed by atoms with Crippen molar-refractivity contribution in [2.24, 2.45) is 5.92 Å². The quantitative estimate of drug-likeness (QED) is 0.665. The van der Waals surface area contributed by atoms with Crippen molar-refractivity contribution in [3.05, 3.63) is 46.0 Å². The molecule has 8 heteroatoms. The molecule has 0 aromatic carbocycles. The van der Waals surface area contributed by atoms with Crippen LogP contribution in [0.15, 0.2) is 34.2 Å². The van der Waals surface area contributed by atoms with Crippen LogP contribution < -0.4 is 5.56 Å². The predicted molar refractivity (Wildman–Crippen MR) is 88.4 cm³/mol. The Morgan fingerprint density at radius 1 is 1.30 bits per heavy atom. The molecule has 120 valence electrons. The molecule has 3 aromatic heterocycles. The number of hydrogen-bond donors (Lipinski definition) is 0. The van der Waals surface area contributed by atoms with Gasteiger partial charge in [0, 0.05) is 24.1 Å². The molecule has 0 unspecified atom stereocenters. The van der Waals surface area contributed by atoms with Gasteiger partial charge in [-0.15, -0.1) is 5.10 Å². The minimum absolute atomic E-state index is 0.0644. The summed E-state index contributed by atoms with van der Waals surface area (Å²) >= 11 is 1.49. The summed E-state index contributed by atoms with van der Waals surface area (Å²) in [7, 11) is 0. The van der Waals surface area contributed by atoms with Crippen molar-refractivity contribution in [2.45, 2.75) is 38.2 Å². The van der Waals surface area contributed by atoms with E-state index in [0.717, 1.165) is 23.1 Å². The highest BCUT2D eigenvalue weighted by atomic mass is 32.2. The van der Waals surface area contributed by atoms with Crippen LogP contribution in [0.2, 0.25) is 0 Å². The van der Waals surface area contributed by atoms with Crippen LogP contribution in [-0.4, -0.2) is 29.6 Å². The minimum Gasteiger partial charge on any atom is -0.269 e. The van der Waals surface area contributed by atoms with E-state index in [1.807, 2.05) is 25.1 Å². The number of hydrogen-bond acceptors (Lipinski definition) is 6. The van der Waals surface area contributed by atoms with Gasteiger partial charge in [-0.1, -0.05) is 31.7 Å². The standard InChI is InChI=1S/C15H18N6OS/c1-10(2)8-20-15(17-18-19-20)23-9-12-7-14(22)21-11(3)5-4-6-13(21)16-12/h4-7,10H,8-9H2,1-3H3. The first kappa shape index (κ1) is 15.7. The summed E-state index contributed by atoms with van der Waals surface area (Å²) in [5.74, 6) is 1.02. The smallest absolute Gasteiger partial charge is 0.258 e. The molecule has 0 aliphatic carbocycles. The maximum absolute atomic E-state index is 12.3. The molecule has 0 aliphatic rings. The van der Waals surface area contributed by atoms with Crippen molar-refractivity contribution >= 4 is 17.4 Å². The van der Waals surface area contributed by atoms with Crippen LogP contribution >= 0.6 is 11.8 Å². The Balaban J connectivity index is 1.83. The van der Waals surface area contributed by atoms with Crippen LogP contribution in [0.3, 0.4) is 0 Å².